The number of nitrogens with zero attached hydrogens (tertiary/aromatic N) is 3. The summed E-state index contributed by atoms with van der Waals surface area (Å²) < 4.78 is 6.55. The minimum atomic E-state index is 0.236. The Morgan fingerprint density at radius 3 is 1.49 bits per heavy atom. The molecule has 4 nitrogen and oxygen atoms in total. The van der Waals surface area contributed by atoms with Crippen LogP contribution in [0, 0.1) is 0 Å². The fourth-order valence-corrected chi connectivity index (χ4v) is 7.84. The molecule has 0 saturated heterocycles. The summed E-state index contributed by atoms with van der Waals surface area (Å²) in [6.45, 7) is 0. The summed E-state index contributed by atoms with van der Waals surface area (Å²) in [5.74, 6) is 2.11. The van der Waals surface area contributed by atoms with Gasteiger partial charge in [-0.05, 0) is 63.6 Å². The zero-order valence-corrected chi connectivity index (χ0v) is 31.2. The lowest BCUT2D eigenvalue weighted by Gasteiger charge is -2.19. The number of rotatable bonds is 9. The van der Waals surface area contributed by atoms with Gasteiger partial charge in [-0.3, -0.25) is 0 Å². The van der Waals surface area contributed by atoms with Crippen LogP contribution in [-0.4, -0.2) is 15.0 Å². The topological polar surface area (TPSA) is 51.8 Å². The van der Waals surface area contributed by atoms with E-state index in [1.54, 1.807) is 0 Å². The Hall–Kier alpha value is -7.43. The molecule has 8 aromatic carbocycles. The second-order valence-electron chi connectivity index (χ2n) is 14.4. The molecule has 2 heterocycles. The smallest absolute Gasteiger partial charge is 0.164 e. The van der Waals surface area contributed by atoms with Crippen LogP contribution in [0.2, 0.25) is 0 Å². The monoisotopic (exact) mass is 731 g/mol. The first-order chi connectivity index (χ1) is 28.2. The van der Waals surface area contributed by atoms with Gasteiger partial charge in [0.15, 0.2) is 17.5 Å². The van der Waals surface area contributed by atoms with Gasteiger partial charge in [0.2, 0.25) is 0 Å². The molecular formula is C53H37N3O. The number of furan rings is 1. The summed E-state index contributed by atoms with van der Waals surface area (Å²) in [5.41, 5.74) is 13.0. The lowest BCUT2D eigenvalue weighted by Crippen LogP contribution is -2.05. The van der Waals surface area contributed by atoms with E-state index in [0.29, 0.717) is 17.5 Å². The molecule has 10 rings (SSSR count). The third-order valence-corrected chi connectivity index (χ3v) is 10.8. The van der Waals surface area contributed by atoms with Crippen molar-refractivity contribution in [2.75, 3.05) is 0 Å². The Labute approximate surface area is 331 Å². The van der Waals surface area contributed by atoms with Crippen molar-refractivity contribution in [3.8, 4) is 56.4 Å². The quantitative estimate of drug-likeness (QED) is 0.148. The fraction of sp³-hybridized carbons (Fsp3) is 0.0377. The van der Waals surface area contributed by atoms with Crippen molar-refractivity contribution >= 4 is 21.9 Å². The predicted molar refractivity (Wildman–Crippen MR) is 233 cm³/mol. The maximum absolute atomic E-state index is 6.55. The largest absolute Gasteiger partial charge is 0.456 e. The third kappa shape index (κ3) is 6.90. The van der Waals surface area contributed by atoms with Crippen molar-refractivity contribution in [2.24, 2.45) is 0 Å². The number of fused-ring (bicyclic) bond motifs is 3. The SMILES string of the molecule is c1ccc(-c2ccc(C(Cc3ccc(-c4ccc5c(c4)oc4cccc(-c6nc(-c7ccccc7)nc(-c7ccccc7)n6)c45)cc3)c3ccccc3)cc2)cc1. The summed E-state index contributed by atoms with van der Waals surface area (Å²) in [5, 5.41) is 2.01. The third-order valence-electron chi connectivity index (χ3n) is 10.8. The molecule has 57 heavy (non-hydrogen) atoms. The minimum absolute atomic E-state index is 0.236. The molecule has 4 heteroatoms. The highest BCUT2D eigenvalue weighted by molar-refractivity contribution is 6.12. The van der Waals surface area contributed by atoms with Crippen molar-refractivity contribution < 1.29 is 4.42 Å². The van der Waals surface area contributed by atoms with Crippen LogP contribution in [0.25, 0.3) is 78.4 Å². The molecule has 0 aliphatic heterocycles. The van der Waals surface area contributed by atoms with Crippen LogP contribution in [0.3, 0.4) is 0 Å². The predicted octanol–water partition coefficient (Wildman–Crippen LogP) is 13.5. The summed E-state index contributed by atoms with van der Waals surface area (Å²) in [6.07, 6.45) is 0.898. The van der Waals surface area contributed by atoms with E-state index in [0.717, 1.165) is 56.2 Å². The van der Waals surface area contributed by atoms with E-state index in [4.69, 9.17) is 19.4 Å². The van der Waals surface area contributed by atoms with Crippen molar-refractivity contribution in [2.45, 2.75) is 12.3 Å². The van der Waals surface area contributed by atoms with E-state index >= 15 is 0 Å². The van der Waals surface area contributed by atoms with Gasteiger partial charge in [-0.2, -0.15) is 0 Å². The van der Waals surface area contributed by atoms with E-state index in [9.17, 15) is 0 Å². The van der Waals surface area contributed by atoms with Crippen LogP contribution >= 0.6 is 0 Å². The van der Waals surface area contributed by atoms with Gasteiger partial charge in [0.05, 0.1) is 0 Å². The molecule has 0 N–H and O–H groups in total. The standard InChI is InChI=1S/C53H37N3O/c1-5-14-37(15-6-1)38-28-30-41(31-29-38)47(40-16-7-2-8-17-40)34-36-24-26-39(27-25-36)44-32-33-45-49(35-44)57-48-23-13-22-46(50(45)48)53-55-51(42-18-9-3-10-19-42)54-52(56-53)43-20-11-4-12-21-43/h1-33,35,47H,34H2. The highest BCUT2D eigenvalue weighted by Gasteiger charge is 2.19. The van der Waals surface area contributed by atoms with Gasteiger partial charge in [0, 0.05) is 33.4 Å². The summed E-state index contributed by atoms with van der Waals surface area (Å²) >= 11 is 0. The van der Waals surface area contributed by atoms with Crippen molar-refractivity contribution in [1.82, 2.24) is 15.0 Å². The number of hydrogen-bond donors (Lipinski definition) is 0. The molecule has 0 bridgehead atoms. The second-order valence-corrected chi connectivity index (χ2v) is 14.4. The van der Waals surface area contributed by atoms with Crippen LogP contribution in [0.4, 0.5) is 0 Å². The molecular weight excluding hydrogens is 695 g/mol. The molecule has 1 atom stereocenters. The normalized spacial score (nSPS) is 11.9. The number of benzene rings is 8. The number of hydrogen-bond acceptors (Lipinski definition) is 4. The summed E-state index contributed by atoms with van der Waals surface area (Å²) in [4.78, 5) is 14.9. The van der Waals surface area contributed by atoms with Crippen LogP contribution in [-0.2, 0) is 6.42 Å². The highest BCUT2D eigenvalue weighted by Crippen LogP contribution is 2.39. The van der Waals surface area contributed by atoms with Crippen LogP contribution in [0.5, 0.6) is 0 Å². The van der Waals surface area contributed by atoms with Crippen molar-refractivity contribution in [1.29, 1.82) is 0 Å². The first kappa shape index (κ1) is 34.1. The summed E-state index contributed by atoms with van der Waals surface area (Å²) in [6, 6.07) is 72.2. The van der Waals surface area contributed by atoms with Gasteiger partial charge in [-0.15, -0.1) is 0 Å². The van der Waals surface area contributed by atoms with Gasteiger partial charge < -0.3 is 4.42 Å². The molecule has 0 fully saturated rings. The Bertz CT molecular complexity index is 2890. The van der Waals surface area contributed by atoms with Gasteiger partial charge in [-0.1, -0.05) is 188 Å². The van der Waals surface area contributed by atoms with Crippen molar-refractivity contribution in [3.05, 3.63) is 223 Å². The molecule has 10 aromatic rings. The molecule has 1 unspecified atom stereocenters. The Kier molecular flexibility index (Phi) is 8.98. The fourth-order valence-electron chi connectivity index (χ4n) is 7.84. The van der Waals surface area contributed by atoms with Crippen molar-refractivity contribution in [3.63, 3.8) is 0 Å². The maximum atomic E-state index is 6.55. The molecule has 270 valence electrons. The second kappa shape index (κ2) is 15.0. The molecule has 2 aromatic heterocycles. The Morgan fingerprint density at radius 2 is 0.860 bits per heavy atom. The Morgan fingerprint density at radius 1 is 0.368 bits per heavy atom. The molecule has 0 aliphatic carbocycles. The lowest BCUT2D eigenvalue weighted by molar-refractivity contribution is 0.669. The molecule has 0 saturated carbocycles. The zero-order chi connectivity index (χ0) is 38.0. The summed E-state index contributed by atoms with van der Waals surface area (Å²) in [7, 11) is 0. The van der Waals surface area contributed by atoms with Gasteiger partial charge in [-0.25, -0.2) is 15.0 Å². The average molecular weight is 732 g/mol. The lowest BCUT2D eigenvalue weighted by atomic mass is 9.85. The number of aromatic nitrogens is 3. The molecule has 0 spiro atoms. The average Bonchev–Trinajstić information content (AvgIpc) is 3.68. The highest BCUT2D eigenvalue weighted by atomic mass is 16.3. The van der Waals surface area contributed by atoms with Crippen LogP contribution < -0.4 is 0 Å². The first-order valence-corrected chi connectivity index (χ1v) is 19.4. The molecule has 0 amide bonds. The zero-order valence-electron chi connectivity index (χ0n) is 31.2. The van der Waals surface area contributed by atoms with Crippen LogP contribution in [0.1, 0.15) is 22.6 Å². The van der Waals surface area contributed by atoms with E-state index in [-0.39, 0.29) is 5.92 Å². The van der Waals surface area contributed by atoms with E-state index in [1.165, 1.54) is 27.8 Å². The minimum Gasteiger partial charge on any atom is -0.456 e. The van der Waals surface area contributed by atoms with E-state index < -0.39 is 0 Å². The first-order valence-electron chi connectivity index (χ1n) is 19.4. The van der Waals surface area contributed by atoms with Gasteiger partial charge >= 0.3 is 0 Å². The van der Waals surface area contributed by atoms with Gasteiger partial charge in [0.1, 0.15) is 11.2 Å². The maximum Gasteiger partial charge on any atom is 0.164 e. The molecule has 0 radical (unpaired) electrons. The van der Waals surface area contributed by atoms with Crippen LogP contribution in [0.15, 0.2) is 211 Å². The van der Waals surface area contributed by atoms with Gasteiger partial charge in [0.25, 0.3) is 0 Å². The molecule has 0 aliphatic rings. The van der Waals surface area contributed by atoms with E-state index in [2.05, 4.69) is 133 Å². The van der Waals surface area contributed by atoms with E-state index in [1.807, 2.05) is 72.8 Å². The Balaban J connectivity index is 0.970.